The standard InChI is InChI=1S/C17H20N4O/c1-2-21(11-13-6-4-3-5-7-13)16-10-15(18-12-19-16)17(22)20-14-8-9-14/h3-7,10,12,14H,2,8-9,11H2,1H3,(H,20,22). The molecule has 1 aromatic carbocycles. The molecule has 3 rings (SSSR count). The zero-order valence-corrected chi connectivity index (χ0v) is 12.7. The van der Waals surface area contributed by atoms with Crippen molar-refractivity contribution in [1.29, 1.82) is 0 Å². The quantitative estimate of drug-likeness (QED) is 0.889. The molecule has 5 nitrogen and oxygen atoms in total. The van der Waals surface area contributed by atoms with Gasteiger partial charge in [-0.2, -0.15) is 0 Å². The summed E-state index contributed by atoms with van der Waals surface area (Å²) >= 11 is 0. The molecule has 0 aliphatic heterocycles. The minimum Gasteiger partial charge on any atom is -0.352 e. The Bertz CT molecular complexity index is 640. The Kier molecular flexibility index (Phi) is 4.32. The van der Waals surface area contributed by atoms with E-state index in [9.17, 15) is 4.79 Å². The second-order valence-corrected chi connectivity index (χ2v) is 5.51. The third-order valence-electron chi connectivity index (χ3n) is 3.72. The van der Waals surface area contributed by atoms with Crippen molar-refractivity contribution in [2.45, 2.75) is 32.4 Å². The van der Waals surface area contributed by atoms with E-state index in [4.69, 9.17) is 0 Å². The van der Waals surface area contributed by atoms with Crippen LogP contribution in [0.2, 0.25) is 0 Å². The van der Waals surface area contributed by atoms with Crippen LogP contribution in [0.15, 0.2) is 42.7 Å². The first kappa shape index (κ1) is 14.5. The van der Waals surface area contributed by atoms with Crippen LogP contribution >= 0.6 is 0 Å². The normalized spacial score (nSPS) is 13.7. The summed E-state index contributed by atoms with van der Waals surface area (Å²) in [6.07, 6.45) is 3.60. The van der Waals surface area contributed by atoms with E-state index in [1.54, 1.807) is 6.07 Å². The first-order valence-electron chi connectivity index (χ1n) is 7.68. The van der Waals surface area contributed by atoms with Gasteiger partial charge in [0, 0.05) is 25.2 Å². The van der Waals surface area contributed by atoms with Crippen LogP contribution in [0.5, 0.6) is 0 Å². The van der Waals surface area contributed by atoms with Gasteiger partial charge in [0.25, 0.3) is 5.91 Å². The van der Waals surface area contributed by atoms with Crippen LogP contribution < -0.4 is 10.2 Å². The number of rotatable bonds is 6. The van der Waals surface area contributed by atoms with Crippen molar-refractivity contribution in [3.8, 4) is 0 Å². The number of aromatic nitrogens is 2. The molecule has 0 spiro atoms. The van der Waals surface area contributed by atoms with E-state index in [0.717, 1.165) is 31.7 Å². The number of amides is 1. The first-order chi connectivity index (χ1) is 10.8. The van der Waals surface area contributed by atoms with Crippen LogP contribution in [0.1, 0.15) is 35.8 Å². The van der Waals surface area contributed by atoms with Crippen LogP contribution in [-0.4, -0.2) is 28.5 Å². The molecule has 114 valence electrons. The fourth-order valence-corrected chi connectivity index (χ4v) is 2.29. The van der Waals surface area contributed by atoms with E-state index in [1.807, 2.05) is 18.2 Å². The molecule has 5 heteroatoms. The highest BCUT2D eigenvalue weighted by Gasteiger charge is 2.24. The van der Waals surface area contributed by atoms with Gasteiger partial charge in [-0.05, 0) is 25.3 Å². The zero-order chi connectivity index (χ0) is 15.4. The summed E-state index contributed by atoms with van der Waals surface area (Å²) in [4.78, 5) is 22.6. The summed E-state index contributed by atoms with van der Waals surface area (Å²) in [7, 11) is 0. The molecule has 1 N–H and O–H groups in total. The lowest BCUT2D eigenvalue weighted by atomic mass is 10.2. The summed E-state index contributed by atoms with van der Waals surface area (Å²) in [5, 5.41) is 2.96. The van der Waals surface area contributed by atoms with Gasteiger partial charge < -0.3 is 10.2 Å². The summed E-state index contributed by atoms with van der Waals surface area (Å²) < 4.78 is 0. The molecule has 0 unspecified atom stereocenters. The van der Waals surface area contributed by atoms with Gasteiger partial charge in [-0.1, -0.05) is 30.3 Å². The molecule has 1 amide bonds. The third kappa shape index (κ3) is 3.61. The van der Waals surface area contributed by atoms with E-state index in [0.29, 0.717) is 11.7 Å². The highest BCUT2D eigenvalue weighted by atomic mass is 16.2. The molecule has 2 aromatic rings. The van der Waals surface area contributed by atoms with E-state index < -0.39 is 0 Å². The van der Waals surface area contributed by atoms with Crippen LogP contribution in [-0.2, 0) is 6.54 Å². The number of nitrogens with zero attached hydrogens (tertiary/aromatic N) is 3. The predicted octanol–water partition coefficient (Wildman–Crippen LogP) is 2.40. The summed E-state index contributed by atoms with van der Waals surface area (Å²) in [5.41, 5.74) is 1.65. The molecule has 22 heavy (non-hydrogen) atoms. The molecule has 0 bridgehead atoms. The maximum Gasteiger partial charge on any atom is 0.270 e. The molecule has 1 aliphatic rings. The maximum absolute atomic E-state index is 12.1. The lowest BCUT2D eigenvalue weighted by molar-refractivity contribution is 0.0946. The van der Waals surface area contributed by atoms with Crippen molar-refractivity contribution in [1.82, 2.24) is 15.3 Å². The second-order valence-electron chi connectivity index (χ2n) is 5.51. The highest BCUT2D eigenvalue weighted by Crippen LogP contribution is 2.20. The monoisotopic (exact) mass is 296 g/mol. The van der Waals surface area contributed by atoms with Gasteiger partial charge in [0.05, 0.1) is 0 Å². The molecule has 1 aromatic heterocycles. The first-order valence-corrected chi connectivity index (χ1v) is 7.68. The summed E-state index contributed by atoms with van der Waals surface area (Å²) in [5.74, 6) is 0.671. The highest BCUT2D eigenvalue weighted by molar-refractivity contribution is 5.93. The topological polar surface area (TPSA) is 58.1 Å². The van der Waals surface area contributed by atoms with Crippen LogP contribution in [0.4, 0.5) is 5.82 Å². The Hall–Kier alpha value is -2.43. The van der Waals surface area contributed by atoms with Gasteiger partial charge in [-0.15, -0.1) is 0 Å². The summed E-state index contributed by atoms with van der Waals surface area (Å²) in [6.45, 7) is 3.66. The largest absolute Gasteiger partial charge is 0.352 e. The van der Waals surface area contributed by atoms with Gasteiger partial charge in [0.1, 0.15) is 17.8 Å². The van der Waals surface area contributed by atoms with Crippen molar-refractivity contribution in [3.05, 3.63) is 54.0 Å². The number of anilines is 1. The maximum atomic E-state index is 12.1. The van der Waals surface area contributed by atoms with Crippen molar-refractivity contribution < 1.29 is 4.79 Å². The smallest absolute Gasteiger partial charge is 0.270 e. The van der Waals surface area contributed by atoms with Crippen LogP contribution in [0, 0.1) is 0 Å². The molecule has 0 atom stereocenters. The van der Waals surface area contributed by atoms with Gasteiger partial charge in [0.15, 0.2) is 0 Å². The van der Waals surface area contributed by atoms with Gasteiger partial charge in [0.2, 0.25) is 0 Å². The lowest BCUT2D eigenvalue weighted by Crippen LogP contribution is -2.28. The lowest BCUT2D eigenvalue weighted by Gasteiger charge is -2.22. The number of carbonyl (C=O) groups excluding carboxylic acids is 1. The molecular formula is C17H20N4O. The van der Waals surface area contributed by atoms with E-state index in [-0.39, 0.29) is 5.91 Å². The predicted molar refractivity (Wildman–Crippen MR) is 85.7 cm³/mol. The summed E-state index contributed by atoms with van der Waals surface area (Å²) in [6, 6.07) is 12.3. The van der Waals surface area contributed by atoms with Crippen molar-refractivity contribution in [3.63, 3.8) is 0 Å². The number of nitrogens with one attached hydrogen (secondary N) is 1. The fraction of sp³-hybridized carbons (Fsp3) is 0.353. The number of benzene rings is 1. The van der Waals surface area contributed by atoms with E-state index >= 15 is 0 Å². The van der Waals surface area contributed by atoms with Crippen LogP contribution in [0.25, 0.3) is 0 Å². The SMILES string of the molecule is CCN(Cc1ccccc1)c1cc(C(=O)NC2CC2)ncn1. The van der Waals surface area contributed by atoms with E-state index in [2.05, 4.69) is 39.2 Å². The molecular weight excluding hydrogens is 276 g/mol. The van der Waals surface area contributed by atoms with Crippen molar-refractivity contribution in [2.75, 3.05) is 11.4 Å². The molecule has 1 fully saturated rings. The molecule has 0 saturated heterocycles. The Morgan fingerprint density at radius 3 is 2.73 bits per heavy atom. The minimum absolute atomic E-state index is 0.109. The zero-order valence-electron chi connectivity index (χ0n) is 12.7. The Balaban J connectivity index is 1.75. The van der Waals surface area contributed by atoms with Crippen LogP contribution in [0.3, 0.4) is 0 Å². The Morgan fingerprint density at radius 1 is 1.27 bits per heavy atom. The van der Waals surface area contributed by atoms with E-state index in [1.165, 1.54) is 11.9 Å². The number of hydrogen-bond donors (Lipinski definition) is 1. The molecule has 1 aliphatic carbocycles. The fourth-order valence-electron chi connectivity index (χ4n) is 2.29. The Labute approximate surface area is 130 Å². The number of hydrogen-bond acceptors (Lipinski definition) is 4. The van der Waals surface area contributed by atoms with Gasteiger partial charge in [-0.3, -0.25) is 4.79 Å². The Morgan fingerprint density at radius 2 is 2.05 bits per heavy atom. The van der Waals surface area contributed by atoms with Crippen molar-refractivity contribution >= 4 is 11.7 Å². The van der Waals surface area contributed by atoms with Gasteiger partial charge >= 0.3 is 0 Å². The van der Waals surface area contributed by atoms with Crippen molar-refractivity contribution in [2.24, 2.45) is 0 Å². The molecule has 0 radical (unpaired) electrons. The van der Waals surface area contributed by atoms with Gasteiger partial charge in [-0.25, -0.2) is 9.97 Å². The third-order valence-corrected chi connectivity index (χ3v) is 3.72. The average Bonchev–Trinajstić information content (AvgIpc) is 3.37. The molecule has 1 heterocycles. The second kappa shape index (κ2) is 6.56. The number of carbonyl (C=O) groups is 1. The molecule has 1 saturated carbocycles. The average molecular weight is 296 g/mol. The minimum atomic E-state index is -0.109.